The lowest BCUT2D eigenvalue weighted by Crippen LogP contribution is -2.08. The van der Waals surface area contributed by atoms with Gasteiger partial charge in [-0.05, 0) is 37.5 Å². The predicted octanol–water partition coefficient (Wildman–Crippen LogP) is 3.11. The van der Waals surface area contributed by atoms with Crippen LogP contribution in [-0.4, -0.2) is 14.3 Å². The van der Waals surface area contributed by atoms with E-state index in [1.54, 1.807) is 0 Å². The molecule has 4 nitrogen and oxygen atoms in total. The van der Waals surface area contributed by atoms with Crippen LogP contribution in [0.15, 0.2) is 30.7 Å². The van der Waals surface area contributed by atoms with Gasteiger partial charge >= 0.3 is 0 Å². The van der Waals surface area contributed by atoms with Gasteiger partial charge in [-0.15, -0.1) is 0 Å². The molecule has 0 aliphatic rings. The van der Waals surface area contributed by atoms with Gasteiger partial charge in [0.15, 0.2) is 0 Å². The fraction of sp³-hybridized carbons (Fsp3) is 0.533. The van der Waals surface area contributed by atoms with Crippen LogP contribution in [0.1, 0.15) is 57.0 Å². The third-order valence-electron chi connectivity index (χ3n) is 3.69. The second-order valence-electron chi connectivity index (χ2n) is 5.18. The van der Waals surface area contributed by atoms with E-state index in [-0.39, 0.29) is 6.04 Å². The fourth-order valence-corrected chi connectivity index (χ4v) is 2.09. The molecule has 2 unspecified atom stereocenters. The van der Waals surface area contributed by atoms with Gasteiger partial charge in [0.2, 0.25) is 0 Å². The average molecular weight is 260 g/mol. The lowest BCUT2D eigenvalue weighted by Gasteiger charge is -2.08. The van der Waals surface area contributed by atoms with Gasteiger partial charge in [0.25, 0.3) is 0 Å². The molecule has 0 spiro atoms. The minimum atomic E-state index is 0.138. The molecular weight excluding hydrogens is 236 g/mol. The van der Waals surface area contributed by atoms with E-state index in [9.17, 15) is 0 Å². The molecule has 0 bridgehead atoms. The summed E-state index contributed by atoms with van der Waals surface area (Å²) in [6.07, 6.45) is 8.32. The summed E-state index contributed by atoms with van der Waals surface area (Å²) in [5.41, 5.74) is 8.32. The van der Waals surface area contributed by atoms with Crippen LogP contribution in [0.3, 0.4) is 0 Å². The van der Waals surface area contributed by atoms with Crippen molar-refractivity contribution in [3.63, 3.8) is 0 Å². The molecule has 0 fully saturated rings. The van der Waals surface area contributed by atoms with Crippen LogP contribution in [0.25, 0.3) is 0 Å². The first-order valence-corrected chi connectivity index (χ1v) is 7.09. The molecule has 104 valence electrons. The van der Waals surface area contributed by atoms with E-state index >= 15 is 0 Å². The van der Waals surface area contributed by atoms with Crippen LogP contribution in [0.5, 0.6) is 0 Å². The quantitative estimate of drug-likeness (QED) is 0.867. The Labute approximate surface area is 115 Å². The molecule has 19 heavy (non-hydrogen) atoms. The van der Waals surface area contributed by atoms with E-state index in [0.717, 1.165) is 25.1 Å². The Hall–Kier alpha value is -1.55. The molecule has 4 heteroatoms. The van der Waals surface area contributed by atoms with Crippen LogP contribution in [0.4, 0.5) is 0 Å². The maximum Gasteiger partial charge on any atom is 0.0821 e. The summed E-state index contributed by atoms with van der Waals surface area (Å²) in [4.78, 5) is 0. The highest BCUT2D eigenvalue weighted by Gasteiger charge is 2.07. The Bertz CT molecular complexity index is 465. The van der Waals surface area contributed by atoms with Gasteiger partial charge in [-0.2, -0.15) is 5.10 Å². The van der Waals surface area contributed by atoms with Gasteiger partial charge in [-0.25, -0.2) is 0 Å². The van der Waals surface area contributed by atoms with Gasteiger partial charge in [0, 0.05) is 30.7 Å². The summed E-state index contributed by atoms with van der Waals surface area (Å²) < 4.78 is 4.19. The Kier molecular flexibility index (Phi) is 4.43. The number of nitrogens with two attached hydrogens (primary N) is 1. The molecule has 0 aliphatic heterocycles. The average Bonchev–Trinajstić information content (AvgIpc) is 3.07. The minimum Gasteiger partial charge on any atom is -0.348 e. The van der Waals surface area contributed by atoms with Crippen LogP contribution in [-0.2, 0) is 6.54 Å². The molecule has 0 saturated heterocycles. The van der Waals surface area contributed by atoms with Gasteiger partial charge in [0.05, 0.1) is 12.2 Å². The van der Waals surface area contributed by atoms with Crippen molar-refractivity contribution in [1.82, 2.24) is 14.3 Å². The molecule has 0 aromatic carbocycles. The number of hydrogen-bond donors (Lipinski definition) is 1. The van der Waals surface area contributed by atoms with Crippen LogP contribution < -0.4 is 5.73 Å². The Morgan fingerprint density at radius 3 is 2.68 bits per heavy atom. The molecule has 2 aromatic rings. The monoisotopic (exact) mass is 260 g/mol. The standard InChI is InChI=1S/C15H24N4/c1-4-12(3)19-9-7-14(17-19)11-18-8-6-13(10-18)15(16)5-2/h6-10,12,15H,4-5,11,16H2,1-3H3. The molecule has 2 atom stereocenters. The first-order valence-electron chi connectivity index (χ1n) is 7.09. The molecular formula is C15H24N4. The molecule has 0 radical (unpaired) electrons. The SMILES string of the molecule is CCC(N)c1ccn(Cc2ccn(C(C)CC)n2)c1. The molecule has 0 aliphatic carbocycles. The Morgan fingerprint density at radius 2 is 2.00 bits per heavy atom. The van der Waals surface area contributed by atoms with E-state index in [2.05, 4.69) is 61.2 Å². The van der Waals surface area contributed by atoms with Crippen molar-refractivity contribution in [3.8, 4) is 0 Å². The van der Waals surface area contributed by atoms with Crippen molar-refractivity contribution >= 4 is 0 Å². The first kappa shape index (κ1) is 13.9. The summed E-state index contributed by atoms with van der Waals surface area (Å²) in [7, 11) is 0. The smallest absolute Gasteiger partial charge is 0.0821 e. The summed E-state index contributed by atoms with van der Waals surface area (Å²) in [6.45, 7) is 7.27. The van der Waals surface area contributed by atoms with Crippen molar-refractivity contribution in [1.29, 1.82) is 0 Å². The highest BCUT2D eigenvalue weighted by Crippen LogP contribution is 2.15. The van der Waals surface area contributed by atoms with E-state index in [1.165, 1.54) is 5.56 Å². The lowest BCUT2D eigenvalue weighted by atomic mass is 10.1. The molecule has 0 amide bonds. The number of hydrogen-bond acceptors (Lipinski definition) is 2. The third-order valence-corrected chi connectivity index (χ3v) is 3.69. The summed E-state index contributed by atoms with van der Waals surface area (Å²) in [5.74, 6) is 0. The number of nitrogens with zero attached hydrogens (tertiary/aromatic N) is 3. The summed E-state index contributed by atoms with van der Waals surface area (Å²) in [6, 6.07) is 4.78. The third kappa shape index (κ3) is 3.26. The highest BCUT2D eigenvalue weighted by atomic mass is 15.3. The normalized spacial score (nSPS) is 14.5. The van der Waals surface area contributed by atoms with Gasteiger partial charge in [0.1, 0.15) is 0 Å². The summed E-state index contributed by atoms with van der Waals surface area (Å²) in [5, 5.41) is 4.62. The zero-order valence-corrected chi connectivity index (χ0v) is 12.1. The molecule has 0 saturated carbocycles. The Morgan fingerprint density at radius 1 is 1.21 bits per heavy atom. The minimum absolute atomic E-state index is 0.138. The van der Waals surface area contributed by atoms with Crippen LogP contribution in [0.2, 0.25) is 0 Å². The Balaban J connectivity index is 2.04. The second kappa shape index (κ2) is 6.06. The molecule has 2 aromatic heterocycles. The van der Waals surface area contributed by atoms with Crippen molar-refractivity contribution in [2.75, 3.05) is 0 Å². The fourth-order valence-electron chi connectivity index (χ4n) is 2.09. The van der Waals surface area contributed by atoms with E-state index in [4.69, 9.17) is 5.73 Å². The highest BCUT2D eigenvalue weighted by molar-refractivity contribution is 5.16. The number of rotatable bonds is 6. The van der Waals surface area contributed by atoms with Crippen molar-refractivity contribution in [3.05, 3.63) is 42.0 Å². The first-order chi connectivity index (χ1) is 9.13. The topological polar surface area (TPSA) is 48.8 Å². The maximum atomic E-state index is 6.03. The van der Waals surface area contributed by atoms with Gasteiger partial charge in [-0.1, -0.05) is 13.8 Å². The van der Waals surface area contributed by atoms with Crippen molar-refractivity contribution in [2.45, 2.75) is 52.2 Å². The van der Waals surface area contributed by atoms with E-state index < -0.39 is 0 Å². The van der Waals surface area contributed by atoms with Crippen LogP contribution >= 0.6 is 0 Å². The second-order valence-corrected chi connectivity index (χ2v) is 5.18. The van der Waals surface area contributed by atoms with Gasteiger partial charge in [-0.3, -0.25) is 4.68 Å². The van der Waals surface area contributed by atoms with Crippen LogP contribution in [0, 0.1) is 0 Å². The summed E-state index contributed by atoms with van der Waals surface area (Å²) >= 11 is 0. The molecule has 2 N–H and O–H groups in total. The van der Waals surface area contributed by atoms with E-state index in [0.29, 0.717) is 6.04 Å². The van der Waals surface area contributed by atoms with E-state index in [1.807, 2.05) is 4.68 Å². The van der Waals surface area contributed by atoms with Crippen molar-refractivity contribution in [2.24, 2.45) is 5.73 Å². The lowest BCUT2D eigenvalue weighted by molar-refractivity contribution is 0.472. The maximum absolute atomic E-state index is 6.03. The largest absolute Gasteiger partial charge is 0.348 e. The van der Waals surface area contributed by atoms with Gasteiger partial charge < -0.3 is 10.3 Å². The predicted molar refractivity (Wildman–Crippen MR) is 78.0 cm³/mol. The van der Waals surface area contributed by atoms with Crippen molar-refractivity contribution < 1.29 is 0 Å². The zero-order chi connectivity index (χ0) is 13.8. The zero-order valence-electron chi connectivity index (χ0n) is 12.1. The molecule has 2 rings (SSSR count). The molecule has 2 heterocycles. The number of aromatic nitrogens is 3.